The summed E-state index contributed by atoms with van der Waals surface area (Å²) in [5.74, 6) is 1.62. The molecule has 0 amide bonds. The van der Waals surface area contributed by atoms with Gasteiger partial charge in [0.25, 0.3) is 0 Å². The molecule has 2 nitrogen and oxygen atoms in total. The second-order valence-electron chi connectivity index (χ2n) is 5.85. The highest BCUT2D eigenvalue weighted by Crippen LogP contribution is 2.36. The molecule has 0 radical (unpaired) electrons. The summed E-state index contributed by atoms with van der Waals surface area (Å²) in [4.78, 5) is 0. The van der Waals surface area contributed by atoms with Crippen LogP contribution in [0.4, 0.5) is 0 Å². The minimum absolute atomic E-state index is 0.558. The zero-order chi connectivity index (χ0) is 11.4. The van der Waals surface area contributed by atoms with Crippen molar-refractivity contribution < 1.29 is 4.74 Å². The largest absolute Gasteiger partial charge is 0.378 e. The van der Waals surface area contributed by atoms with Gasteiger partial charge in [-0.2, -0.15) is 0 Å². The smallest absolute Gasteiger partial charge is 0.0643 e. The molecule has 16 heavy (non-hydrogen) atoms. The van der Waals surface area contributed by atoms with Crippen LogP contribution in [0.15, 0.2) is 0 Å². The van der Waals surface area contributed by atoms with Crippen molar-refractivity contribution in [1.82, 2.24) is 5.32 Å². The van der Waals surface area contributed by atoms with Crippen LogP contribution in [-0.4, -0.2) is 25.3 Å². The Morgan fingerprint density at radius 3 is 2.56 bits per heavy atom. The van der Waals surface area contributed by atoms with Crippen LogP contribution < -0.4 is 5.32 Å². The van der Waals surface area contributed by atoms with Gasteiger partial charge in [0.2, 0.25) is 0 Å². The Kier molecular flexibility index (Phi) is 4.66. The van der Waals surface area contributed by atoms with E-state index in [1.807, 2.05) is 0 Å². The van der Waals surface area contributed by atoms with Gasteiger partial charge in [0.05, 0.1) is 6.10 Å². The third kappa shape index (κ3) is 3.21. The molecule has 0 aromatic rings. The van der Waals surface area contributed by atoms with Gasteiger partial charge in [-0.05, 0) is 37.5 Å². The van der Waals surface area contributed by atoms with Crippen molar-refractivity contribution in [2.45, 2.75) is 64.5 Å². The van der Waals surface area contributed by atoms with Crippen molar-refractivity contribution in [2.24, 2.45) is 11.8 Å². The Balaban J connectivity index is 1.85. The van der Waals surface area contributed by atoms with Crippen LogP contribution in [0.3, 0.4) is 0 Å². The van der Waals surface area contributed by atoms with Crippen LogP contribution in [0, 0.1) is 11.8 Å². The normalized spacial score (nSPS) is 32.4. The predicted molar refractivity (Wildman–Crippen MR) is 67.6 cm³/mol. The molecule has 1 saturated carbocycles. The molecular formula is C14H27NO. The Morgan fingerprint density at radius 2 is 1.88 bits per heavy atom. The molecule has 1 aliphatic heterocycles. The molecule has 0 bridgehead atoms. The number of rotatable bonds is 4. The topological polar surface area (TPSA) is 21.3 Å². The molecule has 2 rings (SSSR count). The zero-order valence-corrected chi connectivity index (χ0v) is 10.9. The van der Waals surface area contributed by atoms with E-state index in [1.54, 1.807) is 0 Å². The van der Waals surface area contributed by atoms with E-state index in [1.165, 1.54) is 38.5 Å². The summed E-state index contributed by atoms with van der Waals surface area (Å²) in [6, 6.07) is 0.603. The Morgan fingerprint density at radius 1 is 1.12 bits per heavy atom. The summed E-state index contributed by atoms with van der Waals surface area (Å²) in [7, 11) is 0. The lowest BCUT2D eigenvalue weighted by atomic mass is 9.84. The average Bonchev–Trinajstić information content (AvgIpc) is 2.80. The van der Waals surface area contributed by atoms with Gasteiger partial charge in [-0.25, -0.2) is 0 Å². The van der Waals surface area contributed by atoms with E-state index in [0.717, 1.165) is 25.0 Å². The first-order valence-electron chi connectivity index (χ1n) is 7.12. The highest BCUT2D eigenvalue weighted by atomic mass is 16.5. The first-order valence-corrected chi connectivity index (χ1v) is 7.12. The molecular weight excluding hydrogens is 198 g/mol. The molecule has 0 spiro atoms. The maximum Gasteiger partial charge on any atom is 0.0643 e. The molecule has 1 heterocycles. The SMILES string of the molecule is CC(C)NCC1CCCOC1C1CCCC1. The Hall–Kier alpha value is -0.0800. The maximum atomic E-state index is 6.07. The van der Waals surface area contributed by atoms with Crippen LogP contribution >= 0.6 is 0 Å². The lowest BCUT2D eigenvalue weighted by Gasteiger charge is -2.36. The van der Waals surface area contributed by atoms with Gasteiger partial charge in [0.15, 0.2) is 0 Å². The molecule has 2 heteroatoms. The molecule has 2 unspecified atom stereocenters. The summed E-state index contributed by atoms with van der Waals surface area (Å²) < 4.78 is 6.07. The van der Waals surface area contributed by atoms with E-state index in [-0.39, 0.29) is 0 Å². The Bertz CT molecular complexity index is 199. The average molecular weight is 225 g/mol. The Labute approximate surface area is 100 Å². The van der Waals surface area contributed by atoms with Crippen molar-refractivity contribution in [1.29, 1.82) is 0 Å². The third-order valence-corrected chi connectivity index (χ3v) is 4.15. The summed E-state index contributed by atoms with van der Waals surface area (Å²) in [6.45, 7) is 6.61. The van der Waals surface area contributed by atoms with E-state index in [9.17, 15) is 0 Å². The molecule has 1 aliphatic carbocycles. The van der Waals surface area contributed by atoms with Gasteiger partial charge in [-0.3, -0.25) is 0 Å². The highest BCUT2D eigenvalue weighted by molar-refractivity contribution is 4.85. The molecule has 0 aromatic heterocycles. The fourth-order valence-electron chi connectivity index (χ4n) is 3.28. The first kappa shape index (κ1) is 12.4. The van der Waals surface area contributed by atoms with Gasteiger partial charge in [-0.15, -0.1) is 0 Å². The summed E-state index contributed by atoms with van der Waals surface area (Å²) in [6.07, 6.45) is 8.84. The van der Waals surface area contributed by atoms with Gasteiger partial charge >= 0.3 is 0 Å². The van der Waals surface area contributed by atoms with Crippen molar-refractivity contribution in [3.63, 3.8) is 0 Å². The number of hydrogen-bond acceptors (Lipinski definition) is 2. The second kappa shape index (κ2) is 6.02. The van der Waals surface area contributed by atoms with E-state index in [0.29, 0.717) is 12.1 Å². The molecule has 1 N–H and O–H groups in total. The third-order valence-electron chi connectivity index (χ3n) is 4.15. The van der Waals surface area contributed by atoms with Gasteiger partial charge in [0.1, 0.15) is 0 Å². The van der Waals surface area contributed by atoms with Crippen molar-refractivity contribution in [2.75, 3.05) is 13.2 Å². The minimum Gasteiger partial charge on any atom is -0.378 e. The molecule has 2 aliphatic rings. The van der Waals surface area contributed by atoms with Crippen LogP contribution in [0.1, 0.15) is 52.4 Å². The summed E-state index contributed by atoms with van der Waals surface area (Å²) >= 11 is 0. The van der Waals surface area contributed by atoms with Crippen molar-refractivity contribution in [3.8, 4) is 0 Å². The number of hydrogen-bond donors (Lipinski definition) is 1. The van der Waals surface area contributed by atoms with E-state index in [2.05, 4.69) is 19.2 Å². The highest BCUT2D eigenvalue weighted by Gasteiger charge is 2.34. The van der Waals surface area contributed by atoms with Gasteiger partial charge < -0.3 is 10.1 Å². The maximum absolute atomic E-state index is 6.07. The fourth-order valence-corrected chi connectivity index (χ4v) is 3.28. The van der Waals surface area contributed by atoms with Gasteiger partial charge in [0, 0.05) is 19.2 Å². The minimum atomic E-state index is 0.558. The van der Waals surface area contributed by atoms with Gasteiger partial charge in [-0.1, -0.05) is 26.7 Å². The van der Waals surface area contributed by atoms with Crippen LogP contribution in [-0.2, 0) is 4.74 Å². The number of nitrogens with one attached hydrogen (secondary N) is 1. The first-order chi connectivity index (χ1) is 7.77. The fraction of sp³-hybridized carbons (Fsp3) is 1.00. The second-order valence-corrected chi connectivity index (χ2v) is 5.85. The van der Waals surface area contributed by atoms with E-state index >= 15 is 0 Å². The van der Waals surface area contributed by atoms with E-state index in [4.69, 9.17) is 4.74 Å². The quantitative estimate of drug-likeness (QED) is 0.794. The lowest BCUT2D eigenvalue weighted by Crippen LogP contribution is -2.42. The summed E-state index contributed by atoms with van der Waals surface area (Å²) in [5, 5.41) is 3.59. The molecule has 2 fully saturated rings. The molecule has 0 aromatic carbocycles. The lowest BCUT2D eigenvalue weighted by molar-refractivity contribution is -0.0586. The number of ether oxygens (including phenoxy) is 1. The van der Waals surface area contributed by atoms with Crippen molar-refractivity contribution >= 4 is 0 Å². The molecule has 94 valence electrons. The van der Waals surface area contributed by atoms with E-state index < -0.39 is 0 Å². The van der Waals surface area contributed by atoms with Crippen molar-refractivity contribution in [3.05, 3.63) is 0 Å². The molecule has 2 atom stereocenters. The monoisotopic (exact) mass is 225 g/mol. The standard InChI is InChI=1S/C14H27NO/c1-11(2)15-10-13-8-5-9-16-14(13)12-6-3-4-7-12/h11-15H,3-10H2,1-2H3. The van der Waals surface area contributed by atoms with Crippen LogP contribution in [0.5, 0.6) is 0 Å². The predicted octanol–water partition coefficient (Wildman–Crippen LogP) is 2.97. The molecule has 1 saturated heterocycles. The van der Waals surface area contributed by atoms with Crippen LogP contribution in [0.2, 0.25) is 0 Å². The zero-order valence-electron chi connectivity index (χ0n) is 10.9. The summed E-state index contributed by atoms with van der Waals surface area (Å²) in [5.41, 5.74) is 0. The van der Waals surface area contributed by atoms with Crippen LogP contribution in [0.25, 0.3) is 0 Å².